The smallest absolute Gasteiger partial charge is 0.224 e. The third-order valence-electron chi connectivity index (χ3n) is 2.49. The van der Waals surface area contributed by atoms with Crippen molar-refractivity contribution in [1.82, 2.24) is 9.97 Å². The van der Waals surface area contributed by atoms with Crippen molar-refractivity contribution in [2.24, 2.45) is 0 Å². The highest BCUT2D eigenvalue weighted by Crippen LogP contribution is 2.29. The number of hydrogen-bond acceptors (Lipinski definition) is 4. The molecule has 0 unspecified atom stereocenters. The van der Waals surface area contributed by atoms with E-state index in [2.05, 4.69) is 52.5 Å². The number of anilines is 3. The molecule has 0 spiro atoms. The van der Waals surface area contributed by atoms with Gasteiger partial charge in [0.1, 0.15) is 5.82 Å². The lowest BCUT2D eigenvalue weighted by molar-refractivity contribution is 1.14. The fourth-order valence-electron chi connectivity index (χ4n) is 1.45. The molecular formula is C12H12Br2N4. The summed E-state index contributed by atoms with van der Waals surface area (Å²) in [5.74, 6) is 1.31. The summed E-state index contributed by atoms with van der Waals surface area (Å²) in [4.78, 5) is 8.48. The van der Waals surface area contributed by atoms with Crippen molar-refractivity contribution in [3.8, 4) is 0 Å². The molecule has 1 aromatic heterocycles. The van der Waals surface area contributed by atoms with Gasteiger partial charge in [0.25, 0.3) is 0 Å². The Morgan fingerprint density at radius 1 is 1.17 bits per heavy atom. The monoisotopic (exact) mass is 370 g/mol. The van der Waals surface area contributed by atoms with Crippen molar-refractivity contribution in [2.75, 3.05) is 17.7 Å². The number of halogens is 2. The summed E-state index contributed by atoms with van der Waals surface area (Å²) in [5, 5.41) is 6.20. The molecule has 0 atom stereocenters. The number of aromatic nitrogens is 2. The Morgan fingerprint density at radius 2 is 1.94 bits per heavy atom. The Balaban J connectivity index is 2.36. The molecule has 0 aliphatic rings. The highest BCUT2D eigenvalue weighted by atomic mass is 79.9. The minimum atomic E-state index is 0.577. The van der Waals surface area contributed by atoms with Gasteiger partial charge in [0.15, 0.2) is 0 Å². The topological polar surface area (TPSA) is 49.8 Å². The summed E-state index contributed by atoms with van der Waals surface area (Å²) in [6.07, 6.45) is 1.72. The number of hydrogen-bond donors (Lipinski definition) is 2. The van der Waals surface area contributed by atoms with E-state index >= 15 is 0 Å². The van der Waals surface area contributed by atoms with Crippen LogP contribution in [0.15, 0.2) is 33.3 Å². The zero-order valence-electron chi connectivity index (χ0n) is 9.96. The third kappa shape index (κ3) is 2.81. The van der Waals surface area contributed by atoms with Gasteiger partial charge >= 0.3 is 0 Å². The van der Waals surface area contributed by atoms with Crippen LogP contribution in [0, 0.1) is 6.92 Å². The van der Waals surface area contributed by atoms with E-state index in [1.54, 1.807) is 13.2 Å². The van der Waals surface area contributed by atoms with Crippen molar-refractivity contribution in [3.05, 3.63) is 38.9 Å². The minimum Gasteiger partial charge on any atom is -0.357 e. The van der Waals surface area contributed by atoms with E-state index in [1.165, 1.54) is 0 Å². The average Bonchev–Trinajstić information content (AvgIpc) is 2.37. The molecule has 18 heavy (non-hydrogen) atoms. The van der Waals surface area contributed by atoms with E-state index in [9.17, 15) is 0 Å². The summed E-state index contributed by atoms with van der Waals surface area (Å²) in [6, 6.07) is 6.00. The van der Waals surface area contributed by atoms with Crippen LogP contribution in [0.25, 0.3) is 0 Å². The first-order valence-electron chi connectivity index (χ1n) is 5.34. The summed E-state index contributed by atoms with van der Waals surface area (Å²) in [5.41, 5.74) is 2.14. The Labute approximate surface area is 122 Å². The first-order chi connectivity index (χ1) is 8.61. The fourth-order valence-corrected chi connectivity index (χ4v) is 2.10. The van der Waals surface area contributed by atoms with Crippen LogP contribution in [0.5, 0.6) is 0 Å². The summed E-state index contributed by atoms with van der Waals surface area (Å²) >= 11 is 6.94. The first kappa shape index (κ1) is 13.3. The van der Waals surface area contributed by atoms with Crippen LogP contribution in [0.2, 0.25) is 0 Å². The highest BCUT2D eigenvalue weighted by Gasteiger charge is 2.07. The Morgan fingerprint density at radius 3 is 2.67 bits per heavy atom. The van der Waals surface area contributed by atoms with Gasteiger partial charge in [-0.3, -0.25) is 0 Å². The molecule has 0 aliphatic heterocycles. The second-order valence-electron chi connectivity index (χ2n) is 3.68. The van der Waals surface area contributed by atoms with Crippen molar-refractivity contribution in [2.45, 2.75) is 6.92 Å². The van der Waals surface area contributed by atoms with E-state index in [-0.39, 0.29) is 0 Å². The van der Waals surface area contributed by atoms with Crippen molar-refractivity contribution >= 4 is 49.3 Å². The molecule has 4 nitrogen and oxygen atoms in total. The molecule has 1 heterocycles. The van der Waals surface area contributed by atoms with Crippen molar-refractivity contribution in [1.29, 1.82) is 0 Å². The average molecular weight is 372 g/mol. The van der Waals surface area contributed by atoms with E-state index in [1.807, 2.05) is 25.1 Å². The molecule has 0 saturated carbocycles. The zero-order valence-corrected chi connectivity index (χ0v) is 13.1. The minimum absolute atomic E-state index is 0.577. The Hall–Kier alpha value is -1.14. The molecule has 0 fully saturated rings. The number of nitrogens with zero attached hydrogens (tertiary/aromatic N) is 2. The normalized spacial score (nSPS) is 10.2. The Kier molecular flexibility index (Phi) is 4.19. The van der Waals surface area contributed by atoms with Gasteiger partial charge in [-0.2, -0.15) is 4.98 Å². The van der Waals surface area contributed by atoms with Gasteiger partial charge in [-0.15, -0.1) is 0 Å². The predicted octanol–water partition coefficient (Wildman–Crippen LogP) is 4.10. The van der Waals surface area contributed by atoms with Crippen LogP contribution in [0.1, 0.15) is 5.56 Å². The van der Waals surface area contributed by atoms with Crippen LogP contribution in [0.3, 0.4) is 0 Å². The molecule has 0 radical (unpaired) electrons. The highest BCUT2D eigenvalue weighted by molar-refractivity contribution is 9.10. The van der Waals surface area contributed by atoms with Gasteiger partial charge in [-0.05, 0) is 40.5 Å². The van der Waals surface area contributed by atoms with Crippen LogP contribution < -0.4 is 10.6 Å². The third-order valence-corrected chi connectivity index (χ3v) is 3.93. The van der Waals surface area contributed by atoms with Crippen molar-refractivity contribution < 1.29 is 0 Å². The van der Waals surface area contributed by atoms with Gasteiger partial charge < -0.3 is 10.6 Å². The van der Waals surface area contributed by atoms with E-state index in [0.29, 0.717) is 5.95 Å². The number of nitrogens with one attached hydrogen (secondary N) is 2. The molecule has 0 bridgehead atoms. The van der Waals surface area contributed by atoms with Crippen LogP contribution in [-0.4, -0.2) is 17.0 Å². The fraction of sp³-hybridized carbons (Fsp3) is 0.167. The Bertz CT molecular complexity index is 572. The van der Waals surface area contributed by atoms with Gasteiger partial charge in [-0.1, -0.05) is 22.0 Å². The van der Waals surface area contributed by atoms with Gasteiger partial charge in [0, 0.05) is 23.4 Å². The van der Waals surface area contributed by atoms with Crippen LogP contribution in [0.4, 0.5) is 17.5 Å². The molecular weight excluding hydrogens is 360 g/mol. The molecule has 2 N–H and O–H groups in total. The predicted molar refractivity (Wildman–Crippen MR) is 81.4 cm³/mol. The molecule has 1 aromatic carbocycles. The molecule has 0 amide bonds. The second kappa shape index (κ2) is 5.67. The molecule has 2 rings (SSSR count). The largest absolute Gasteiger partial charge is 0.357 e. The maximum absolute atomic E-state index is 4.36. The summed E-state index contributed by atoms with van der Waals surface area (Å²) < 4.78 is 1.88. The maximum Gasteiger partial charge on any atom is 0.224 e. The molecule has 0 aliphatic carbocycles. The van der Waals surface area contributed by atoms with Gasteiger partial charge in [-0.25, -0.2) is 4.98 Å². The SMILES string of the molecule is CNc1ncc(Br)c(Nc2cccc(Br)c2C)n1. The number of benzene rings is 1. The molecule has 94 valence electrons. The molecule has 0 saturated heterocycles. The molecule has 2 aromatic rings. The quantitative estimate of drug-likeness (QED) is 0.852. The molecule has 6 heteroatoms. The van der Waals surface area contributed by atoms with Crippen molar-refractivity contribution in [3.63, 3.8) is 0 Å². The zero-order chi connectivity index (χ0) is 13.1. The lowest BCUT2D eigenvalue weighted by Crippen LogP contribution is -2.02. The summed E-state index contributed by atoms with van der Waals surface area (Å²) in [7, 11) is 1.79. The van der Waals surface area contributed by atoms with Crippen LogP contribution in [-0.2, 0) is 0 Å². The lowest BCUT2D eigenvalue weighted by atomic mass is 10.2. The summed E-state index contributed by atoms with van der Waals surface area (Å²) in [6.45, 7) is 2.04. The number of rotatable bonds is 3. The standard InChI is InChI=1S/C12H12Br2N4/c1-7-8(13)4-3-5-10(7)17-11-9(14)6-16-12(15-2)18-11/h3-6H,1-2H3,(H2,15,16,17,18). The lowest BCUT2D eigenvalue weighted by Gasteiger charge is -2.12. The maximum atomic E-state index is 4.36. The van der Waals surface area contributed by atoms with E-state index < -0.39 is 0 Å². The van der Waals surface area contributed by atoms with Crippen LogP contribution >= 0.6 is 31.9 Å². The first-order valence-corrected chi connectivity index (χ1v) is 6.93. The van der Waals surface area contributed by atoms with Gasteiger partial charge in [0.05, 0.1) is 4.47 Å². The second-order valence-corrected chi connectivity index (χ2v) is 5.39. The van der Waals surface area contributed by atoms with E-state index in [4.69, 9.17) is 0 Å². The van der Waals surface area contributed by atoms with Gasteiger partial charge in [0.2, 0.25) is 5.95 Å². The van der Waals surface area contributed by atoms with E-state index in [0.717, 1.165) is 26.0 Å².